The van der Waals surface area contributed by atoms with Gasteiger partial charge in [-0.1, -0.05) is 35.3 Å². The maximum Gasteiger partial charge on any atom is 0.195 e. The van der Waals surface area contributed by atoms with Gasteiger partial charge in [-0.25, -0.2) is 0 Å². The molecule has 128 valence electrons. The summed E-state index contributed by atoms with van der Waals surface area (Å²) < 4.78 is 7.73. The maximum atomic E-state index is 12.1. The van der Waals surface area contributed by atoms with Crippen molar-refractivity contribution in [3.63, 3.8) is 0 Å². The fourth-order valence-corrected chi connectivity index (χ4v) is 3.45. The van der Waals surface area contributed by atoms with E-state index in [1.165, 1.54) is 11.3 Å². The Hall–Kier alpha value is -2.08. The highest BCUT2D eigenvalue weighted by Crippen LogP contribution is 2.24. The van der Waals surface area contributed by atoms with Crippen molar-refractivity contribution in [2.45, 2.75) is 6.54 Å². The van der Waals surface area contributed by atoms with E-state index >= 15 is 0 Å². The number of rotatable bonds is 6. The topological polar surface area (TPSA) is 44.1 Å². The van der Waals surface area contributed by atoms with E-state index in [2.05, 4.69) is 5.10 Å². The predicted octanol–water partition coefficient (Wildman–Crippen LogP) is 5.20. The lowest BCUT2D eigenvalue weighted by atomic mass is 10.1. The summed E-state index contributed by atoms with van der Waals surface area (Å²) in [6, 6.07) is 9.16. The molecule has 0 N–H and O–H groups in total. The van der Waals surface area contributed by atoms with Gasteiger partial charge in [-0.3, -0.25) is 9.48 Å². The monoisotopic (exact) mass is 392 g/mol. The zero-order valence-electron chi connectivity index (χ0n) is 13.3. The van der Waals surface area contributed by atoms with Crippen molar-refractivity contribution in [1.82, 2.24) is 9.78 Å². The molecule has 0 atom stereocenters. The molecule has 0 spiro atoms. The van der Waals surface area contributed by atoms with Gasteiger partial charge in [-0.2, -0.15) is 5.10 Å². The van der Waals surface area contributed by atoms with E-state index in [-0.39, 0.29) is 5.78 Å². The number of ether oxygens (including phenoxy) is 1. The molecule has 7 heteroatoms. The fourth-order valence-electron chi connectivity index (χ4n) is 2.33. The molecule has 3 rings (SSSR count). The van der Waals surface area contributed by atoms with Gasteiger partial charge in [-0.05, 0) is 35.9 Å². The predicted molar refractivity (Wildman–Crippen MR) is 102 cm³/mol. The summed E-state index contributed by atoms with van der Waals surface area (Å²) in [5.41, 5.74) is 1.83. The first-order valence-corrected chi connectivity index (χ1v) is 8.95. The minimum Gasteiger partial charge on any atom is -0.496 e. The second-order valence-corrected chi connectivity index (χ2v) is 7.38. The summed E-state index contributed by atoms with van der Waals surface area (Å²) in [4.78, 5) is 12.8. The lowest BCUT2D eigenvalue weighted by Gasteiger charge is -2.09. The summed E-state index contributed by atoms with van der Waals surface area (Å²) >= 11 is 13.0. The van der Waals surface area contributed by atoms with Crippen LogP contribution in [0.3, 0.4) is 0 Å². The van der Waals surface area contributed by atoms with E-state index in [0.717, 1.165) is 16.9 Å². The van der Waals surface area contributed by atoms with Crippen molar-refractivity contribution in [3.05, 3.63) is 74.2 Å². The molecule has 0 aliphatic carbocycles. The van der Waals surface area contributed by atoms with Crippen LogP contribution >= 0.6 is 34.5 Å². The highest BCUT2D eigenvalue weighted by Gasteiger charge is 2.08. The van der Waals surface area contributed by atoms with Crippen LogP contribution in [0.2, 0.25) is 9.36 Å². The van der Waals surface area contributed by atoms with Crippen LogP contribution in [-0.2, 0) is 6.54 Å². The minimum atomic E-state index is -0.0758. The van der Waals surface area contributed by atoms with Crippen molar-refractivity contribution in [3.8, 4) is 5.75 Å². The smallest absolute Gasteiger partial charge is 0.195 e. The van der Waals surface area contributed by atoms with Crippen LogP contribution in [0.4, 0.5) is 0 Å². The molecule has 0 fully saturated rings. The number of carbonyl (C=O) groups is 1. The third kappa shape index (κ3) is 4.51. The Kier molecular flexibility index (Phi) is 5.58. The van der Waals surface area contributed by atoms with Crippen LogP contribution in [0, 0.1) is 0 Å². The average molecular weight is 393 g/mol. The van der Waals surface area contributed by atoms with E-state index in [9.17, 15) is 4.79 Å². The summed E-state index contributed by atoms with van der Waals surface area (Å²) in [6.07, 6.45) is 6.64. The van der Waals surface area contributed by atoms with Crippen molar-refractivity contribution < 1.29 is 9.53 Å². The number of allylic oxidation sites excluding steroid dienone is 1. The summed E-state index contributed by atoms with van der Waals surface area (Å²) in [5, 5.41) is 4.76. The molecule has 2 heterocycles. The third-order valence-electron chi connectivity index (χ3n) is 3.48. The molecule has 0 unspecified atom stereocenters. The number of hydrogen-bond donors (Lipinski definition) is 0. The quantitative estimate of drug-likeness (QED) is 0.427. The van der Waals surface area contributed by atoms with Gasteiger partial charge >= 0.3 is 0 Å². The van der Waals surface area contributed by atoms with Gasteiger partial charge in [0.1, 0.15) is 5.75 Å². The Balaban J connectivity index is 1.81. The van der Waals surface area contributed by atoms with E-state index in [1.54, 1.807) is 48.5 Å². The van der Waals surface area contributed by atoms with Crippen LogP contribution in [0.15, 0.2) is 48.8 Å². The molecule has 1 aromatic carbocycles. The van der Waals surface area contributed by atoms with Crippen molar-refractivity contribution >= 4 is 46.4 Å². The third-order valence-corrected chi connectivity index (χ3v) is 4.92. The first-order chi connectivity index (χ1) is 12.0. The average Bonchev–Trinajstić information content (AvgIpc) is 3.21. The number of hydrogen-bond acceptors (Lipinski definition) is 4. The Morgan fingerprint density at radius 2 is 2.16 bits per heavy atom. The van der Waals surface area contributed by atoms with E-state index in [0.29, 0.717) is 20.8 Å². The number of methoxy groups -OCH3 is 1. The van der Waals surface area contributed by atoms with Crippen molar-refractivity contribution in [2.75, 3.05) is 7.11 Å². The molecule has 4 nitrogen and oxygen atoms in total. The molecular formula is C18H14Cl2N2O2S. The zero-order valence-corrected chi connectivity index (χ0v) is 15.6. The molecule has 0 saturated heterocycles. The standard InChI is InChI=1S/C18H14Cl2N2O2S/c1-24-16-5-3-12(2-4-15(23)17-6-7-18(20)25-17)8-13(16)10-22-11-14(19)9-21-22/h2-9,11H,10H2,1H3/b4-2+. The normalized spacial score (nSPS) is 11.2. The van der Waals surface area contributed by atoms with Crippen molar-refractivity contribution in [1.29, 1.82) is 0 Å². The van der Waals surface area contributed by atoms with Gasteiger partial charge in [0.05, 0.1) is 34.1 Å². The Morgan fingerprint density at radius 3 is 2.80 bits per heavy atom. The molecule has 0 radical (unpaired) electrons. The Morgan fingerprint density at radius 1 is 1.32 bits per heavy atom. The Bertz CT molecular complexity index is 931. The summed E-state index contributed by atoms with van der Waals surface area (Å²) in [7, 11) is 1.62. The van der Waals surface area contributed by atoms with Gasteiger partial charge in [0, 0.05) is 11.8 Å². The molecule has 2 aromatic heterocycles. The first-order valence-electron chi connectivity index (χ1n) is 7.38. The molecular weight excluding hydrogens is 379 g/mol. The summed E-state index contributed by atoms with van der Waals surface area (Å²) in [5.74, 6) is 0.674. The van der Waals surface area contributed by atoms with Gasteiger partial charge in [0.15, 0.2) is 5.78 Å². The summed E-state index contributed by atoms with van der Waals surface area (Å²) in [6.45, 7) is 0.520. The molecule has 0 aliphatic rings. The number of halogens is 2. The number of thiophene rings is 1. The van der Waals surface area contributed by atoms with E-state index in [1.807, 2.05) is 18.2 Å². The number of benzene rings is 1. The SMILES string of the molecule is COc1ccc(/C=C/C(=O)c2ccc(Cl)s2)cc1Cn1cc(Cl)cn1. The van der Waals surface area contributed by atoms with Gasteiger partial charge in [0.2, 0.25) is 0 Å². The van der Waals surface area contributed by atoms with Crippen LogP contribution in [0.1, 0.15) is 20.8 Å². The highest BCUT2D eigenvalue weighted by molar-refractivity contribution is 7.18. The lowest BCUT2D eigenvalue weighted by molar-refractivity contribution is 0.105. The van der Waals surface area contributed by atoms with Crippen molar-refractivity contribution in [2.24, 2.45) is 0 Å². The fraction of sp³-hybridized carbons (Fsp3) is 0.111. The van der Waals surface area contributed by atoms with Gasteiger partial charge in [0.25, 0.3) is 0 Å². The number of nitrogens with zero attached hydrogens (tertiary/aromatic N) is 2. The second-order valence-electron chi connectivity index (χ2n) is 5.23. The lowest BCUT2D eigenvalue weighted by Crippen LogP contribution is -2.02. The van der Waals surface area contributed by atoms with Crippen LogP contribution in [-0.4, -0.2) is 22.7 Å². The largest absolute Gasteiger partial charge is 0.496 e. The number of aromatic nitrogens is 2. The minimum absolute atomic E-state index is 0.0758. The zero-order chi connectivity index (χ0) is 17.8. The second kappa shape index (κ2) is 7.87. The molecule has 25 heavy (non-hydrogen) atoms. The first kappa shape index (κ1) is 17.7. The molecule has 0 bridgehead atoms. The highest BCUT2D eigenvalue weighted by atomic mass is 35.5. The van der Waals surface area contributed by atoms with Crippen LogP contribution in [0.25, 0.3) is 6.08 Å². The molecule has 0 amide bonds. The van der Waals surface area contributed by atoms with E-state index in [4.69, 9.17) is 27.9 Å². The van der Waals surface area contributed by atoms with Crippen LogP contribution < -0.4 is 4.74 Å². The molecule has 0 saturated carbocycles. The molecule has 0 aliphatic heterocycles. The molecule has 3 aromatic rings. The van der Waals surface area contributed by atoms with Gasteiger partial charge in [-0.15, -0.1) is 11.3 Å². The van der Waals surface area contributed by atoms with Crippen LogP contribution in [0.5, 0.6) is 5.75 Å². The van der Waals surface area contributed by atoms with E-state index < -0.39 is 0 Å². The number of carbonyl (C=O) groups excluding carboxylic acids is 1. The Labute approximate surface area is 159 Å². The van der Waals surface area contributed by atoms with Gasteiger partial charge < -0.3 is 4.74 Å². The maximum absolute atomic E-state index is 12.1. The number of ketones is 1.